The molecule has 0 spiro atoms. The lowest BCUT2D eigenvalue weighted by molar-refractivity contribution is 0.141. The van der Waals surface area contributed by atoms with Gasteiger partial charge in [-0.2, -0.15) is 4.98 Å². The smallest absolute Gasteiger partial charge is 0.224 e. The maximum atomic E-state index is 6.02. The second-order valence-corrected chi connectivity index (χ2v) is 4.03. The number of ether oxygens (including phenoxy) is 1. The van der Waals surface area contributed by atoms with E-state index in [2.05, 4.69) is 20.6 Å². The van der Waals surface area contributed by atoms with Crippen LogP contribution in [0.1, 0.15) is 20.8 Å². The molecule has 0 aliphatic heterocycles. The molecule has 5 nitrogen and oxygen atoms in total. The van der Waals surface area contributed by atoms with Crippen LogP contribution in [0.2, 0.25) is 5.02 Å². The zero-order valence-corrected chi connectivity index (χ0v) is 11.2. The highest BCUT2D eigenvalue weighted by Crippen LogP contribution is 2.20. The van der Waals surface area contributed by atoms with Gasteiger partial charge in [-0.3, -0.25) is 0 Å². The molecule has 0 saturated heterocycles. The molecule has 1 heterocycles. The van der Waals surface area contributed by atoms with Crippen molar-refractivity contribution in [3.05, 3.63) is 11.2 Å². The van der Waals surface area contributed by atoms with Crippen molar-refractivity contribution in [1.29, 1.82) is 0 Å². The van der Waals surface area contributed by atoms with Gasteiger partial charge in [0.05, 0.1) is 12.8 Å². The first-order valence-electron chi connectivity index (χ1n) is 5.78. The van der Waals surface area contributed by atoms with Crippen molar-refractivity contribution in [3.8, 4) is 0 Å². The highest BCUT2D eigenvalue weighted by molar-refractivity contribution is 6.32. The predicted molar refractivity (Wildman–Crippen MR) is 70.8 cm³/mol. The third-order valence-corrected chi connectivity index (χ3v) is 2.31. The Labute approximate surface area is 107 Å². The molecular weight excluding hydrogens is 240 g/mol. The van der Waals surface area contributed by atoms with E-state index < -0.39 is 0 Å². The molecule has 2 N–H and O–H groups in total. The van der Waals surface area contributed by atoms with E-state index in [0.29, 0.717) is 30.0 Å². The molecule has 0 fully saturated rings. The first-order chi connectivity index (χ1) is 8.17. The summed E-state index contributed by atoms with van der Waals surface area (Å²) in [7, 11) is 0. The maximum Gasteiger partial charge on any atom is 0.224 e. The van der Waals surface area contributed by atoms with Gasteiger partial charge in [0.25, 0.3) is 0 Å². The third-order valence-electron chi connectivity index (χ3n) is 2.03. The Hall–Kier alpha value is -1.07. The summed E-state index contributed by atoms with van der Waals surface area (Å²) in [5.74, 6) is 1.20. The van der Waals surface area contributed by atoms with E-state index >= 15 is 0 Å². The zero-order chi connectivity index (χ0) is 12.7. The molecule has 0 radical (unpaired) electrons. The summed E-state index contributed by atoms with van der Waals surface area (Å²) in [5, 5.41) is 6.74. The largest absolute Gasteiger partial charge is 0.380 e. The summed E-state index contributed by atoms with van der Waals surface area (Å²) in [6.07, 6.45) is 1.59. The normalized spacial score (nSPS) is 12.2. The first kappa shape index (κ1) is 14.0. The van der Waals surface area contributed by atoms with Crippen LogP contribution in [-0.4, -0.2) is 35.8 Å². The van der Waals surface area contributed by atoms with Gasteiger partial charge >= 0.3 is 0 Å². The van der Waals surface area contributed by atoms with Crippen molar-refractivity contribution in [1.82, 2.24) is 9.97 Å². The van der Waals surface area contributed by atoms with Gasteiger partial charge in [-0.05, 0) is 20.8 Å². The Morgan fingerprint density at radius 3 is 2.88 bits per heavy atom. The average Bonchev–Trinajstić information content (AvgIpc) is 2.31. The summed E-state index contributed by atoms with van der Waals surface area (Å²) in [4.78, 5) is 8.36. The summed E-state index contributed by atoms with van der Waals surface area (Å²) in [6.45, 7) is 8.06. The van der Waals surface area contributed by atoms with E-state index in [0.717, 1.165) is 6.54 Å². The van der Waals surface area contributed by atoms with Crippen LogP contribution >= 0.6 is 11.6 Å². The molecule has 6 heteroatoms. The van der Waals surface area contributed by atoms with E-state index in [1.807, 2.05) is 20.8 Å². The first-order valence-corrected chi connectivity index (χ1v) is 6.15. The fraction of sp³-hybridized carbons (Fsp3) is 0.636. The Morgan fingerprint density at radius 1 is 1.47 bits per heavy atom. The molecule has 0 amide bonds. The van der Waals surface area contributed by atoms with Gasteiger partial charge in [-0.1, -0.05) is 11.6 Å². The molecule has 1 aromatic heterocycles. The van der Waals surface area contributed by atoms with Gasteiger partial charge in [0.15, 0.2) is 5.82 Å². The number of hydrogen-bond donors (Lipinski definition) is 2. The molecule has 17 heavy (non-hydrogen) atoms. The Kier molecular flexibility index (Phi) is 6.00. The average molecular weight is 259 g/mol. The van der Waals surface area contributed by atoms with Gasteiger partial charge in [-0.25, -0.2) is 4.98 Å². The topological polar surface area (TPSA) is 59.1 Å². The number of halogens is 1. The number of nitrogens with zero attached hydrogens (tertiary/aromatic N) is 2. The monoisotopic (exact) mass is 258 g/mol. The van der Waals surface area contributed by atoms with Crippen molar-refractivity contribution < 1.29 is 4.74 Å². The molecule has 96 valence electrons. The zero-order valence-electron chi connectivity index (χ0n) is 10.5. The molecular formula is C11H19ClN4O. The molecule has 0 aliphatic rings. The van der Waals surface area contributed by atoms with Crippen molar-refractivity contribution >= 4 is 23.4 Å². The molecule has 0 saturated carbocycles. The molecule has 0 aliphatic carbocycles. The van der Waals surface area contributed by atoms with Gasteiger partial charge < -0.3 is 15.4 Å². The van der Waals surface area contributed by atoms with Crippen molar-refractivity contribution in [3.63, 3.8) is 0 Å². The molecule has 1 unspecified atom stereocenters. The second-order valence-electron chi connectivity index (χ2n) is 3.63. The summed E-state index contributed by atoms with van der Waals surface area (Å²) in [6, 6.07) is 0.150. The van der Waals surface area contributed by atoms with Crippen molar-refractivity contribution in [2.24, 2.45) is 0 Å². The summed E-state index contributed by atoms with van der Waals surface area (Å²) >= 11 is 6.02. The third kappa shape index (κ3) is 4.75. The van der Waals surface area contributed by atoms with Crippen LogP contribution in [0, 0.1) is 0 Å². The van der Waals surface area contributed by atoms with Crippen LogP contribution in [0.5, 0.6) is 0 Å². The van der Waals surface area contributed by atoms with E-state index in [9.17, 15) is 0 Å². The highest BCUT2D eigenvalue weighted by Gasteiger charge is 2.08. The Morgan fingerprint density at radius 2 is 2.24 bits per heavy atom. The summed E-state index contributed by atoms with van der Waals surface area (Å²) < 4.78 is 5.32. The number of rotatable bonds is 7. The second kappa shape index (κ2) is 7.29. The van der Waals surface area contributed by atoms with Crippen molar-refractivity contribution in [2.45, 2.75) is 26.8 Å². The standard InChI is InChI=1S/C11H19ClN4O/c1-4-13-11-14-6-9(12)10(16-11)15-8(3)7-17-5-2/h6,8H,4-5,7H2,1-3H3,(H2,13,14,15,16). The molecule has 0 aromatic carbocycles. The van der Waals surface area contributed by atoms with Gasteiger partial charge in [0, 0.05) is 19.2 Å². The SMILES string of the molecule is CCNc1ncc(Cl)c(NC(C)COCC)n1. The molecule has 1 aromatic rings. The van der Waals surface area contributed by atoms with E-state index in [1.165, 1.54) is 0 Å². The van der Waals surface area contributed by atoms with E-state index in [4.69, 9.17) is 16.3 Å². The lowest BCUT2D eigenvalue weighted by atomic mass is 10.3. The Balaban J connectivity index is 2.64. The number of hydrogen-bond acceptors (Lipinski definition) is 5. The highest BCUT2D eigenvalue weighted by atomic mass is 35.5. The van der Waals surface area contributed by atoms with Crippen LogP contribution < -0.4 is 10.6 Å². The van der Waals surface area contributed by atoms with Gasteiger partial charge in [0.1, 0.15) is 5.02 Å². The van der Waals surface area contributed by atoms with Gasteiger partial charge in [-0.15, -0.1) is 0 Å². The number of anilines is 2. The minimum atomic E-state index is 0.150. The molecule has 1 rings (SSSR count). The number of nitrogens with one attached hydrogen (secondary N) is 2. The molecule has 1 atom stereocenters. The minimum Gasteiger partial charge on any atom is -0.380 e. The predicted octanol–water partition coefficient (Wildman–Crippen LogP) is 2.40. The van der Waals surface area contributed by atoms with Crippen molar-refractivity contribution in [2.75, 3.05) is 30.4 Å². The van der Waals surface area contributed by atoms with Gasteiger partial charge in [0.2, 0.25) is 5.95 Å². The lowest BCUT2D eigenvalue weighted by Gasteiger charge is -2.15. The minimum absolute atomic E-state index is 0.150. The fourth-order valence-corrected chi connectivity index (χ4v) is 1.43. The Bertz CT molecular complexity index is 348. The van der Waals surface area contributed by atoms with E-state index in [1.54, 1.807) is 6.20 Å². The fourth-order valence-electron chi connectivity index (χ4n) is 1.28. The van der Waals surface area contributed by atoms with Crippen LogP contribution in [0.4, 0.5) is 11.8 Å². The maximum absolute atomic E-state index is 6.02. The van der Waals surface area contributed by atoms with E-state index in [-0.39, 0.29) is 6.04 Å². The molecule has 0 bridgehead atoms. The van der Waals surface area contributed by atoms with Crippen LogP contribution in [-0.2, 0) is 4.74 Å². The van der Waals surface area contributed by atoms with Crippen LogP contribution in [0.25, 0.3) is 0 Å². The quantitative estimate of drug-likeness (QED) is 0.787. The van der Waals surface area contributed by atoms with Crippen LogP contribution in [0.15, 0.2) is 6.20 Å². The lowest BCUT2D eigenvalue weighted by Crippen LogP contribution is -2.22. The van der Waals surface area contributed by atoms with Crippen LogP contribution in [0.3, 0.4) is 0 Å². The summed E-state index contributed by atoms with van der Waals surface area (Å²) in [5.41, 5.74) is 0. The number of aromatic nitrogens is 2.